The van der Waals surface area contributed by atoms with E-state index < -0.39 is 0 Å². The van der Waals surface area contributed by atoms with Gasteiger partial charge >= 0.3 is 0 Å². The van der Waals surface area contributed by atoms with Gasteiger partial charge in [0.25, 0.3) is 0 Å². The number of fused-ring (bicyclic) bond motifs is 1. The Morgan fingerprint density at radius 1 is 1.20 bits per heavy atom. The third kappa shape index (κ3) is 3.24. The highest BCUT2D eigenvalue weighted by molar-refractivity contribution is 5.29. The molecule has 2 aliphatic rings. The average Bonchev–Trinajstić information content (AvgIpc) is 3.01. The molecule has 0 amide bonds. The second kappa shape index (κ2) is 6.73. The molecule has 1 N–H and O–H groups in total. The van der Waals surface area contributed by atoms with Crippen LogP contribution < -0.4 is 5.32 Å². The lowest BCUT2D eigenvalue weighted by Crippen LogP contribution is -2.46. The second-order valence-electron chi connectivity index (χ2n) is 6.46. The molecule has 20 heavy (non-hydrogen) atoms. The molecule has 1 aromatic carbocycles. The summed E-state index contributed by atoms with van der Waals surface area (Å²) in [5.74, 6) is 0.909. The van der Waals surface area contributed by atoms with E-state index >= 15 is 0 Å². The summed E-state index contributed by atoms with van der Waals surface area (Å²) in [5.41, 5.74) is 3.10. The van der Waals surface area contributed by atoms with Gasteiger partial charge in [0.05, 0.1) is 0 Å². The van der Waals surface area contributed by atoms with Crippen LogP contribution in [0, 0.1) is 5.92 Å². The Bertz CT molecular complexity index is 423. The van der Waals surface area contributed by atoms with E-state index in [1.165, 1.54) is 45.2 Å². The van der Waals surface area contributed by atoms with E-state index in [1.807, 2.05) is 0 Å². The number of hydrogen-bond acceptors (Lipinski definition) is 2. The van der Waals surface area contributed by atoms with E-state index in [9.17, 15) is 0 Å². The fourth-order valence-electron chi connectivity index (χ4n) is 3.99. The molecule has 3 rings (SSSR count). The fourth-order valence-corrected chi connectivity index (χ4v) is 3.99. The molecule has 0 aromatic heterocycles. The molecule has 1 atom stereocenters. The molecule has 1 aromatic rings. The second-order valence-corrected chi connectivity index (χ2v) is 6.46. The van der Waals surface area contributed by atoms with Gasteiger partial charge in [-0.2, -0.15) is 0 Å². The van der Waals surface area contributed by atoms with Crippen LogP contribution in [0.3, 0.4) is 0 Å². The van der Waals surface area contributed by atoms with E-state index in [1.54, 1.807) is 11.1 Å². The first-order valence-electron chi connectivity index (χ1n) is 8.39. The van der Waals surface area contributed by atoms with Crippen LogP contribution in [0.25, 0.3) is 0 Å². The van der Waals surface area contributed by atoms with Crippen molar-refractivity contribution in [1.29, 1.82) is 0 Å². The minimum atomic E-state index is 0.702. The van der Waals surface area contributed by atoms with Crippen molar-refractivity contribution in [3.05, 3.63) is 35.4 Å². The van der Waals surface area contributed by atoms with Crippen molar-refractivity contribution in [3.63, 3.8) is 0 Å². The van der Waals surface area contributed by atoms with Gasteiger partial charge in [-0.25, -0.2) is 0 Å². The van der Waals surface area contributed by atoms with Crippen LogP contribution in [0.4, 0.5) is 0 Å². The molecule has 1 aliphatic carbocycles. The van der Waals surface area contributed by atoms with E-state index in [2.05, 4.69) is 41.4 Å². The number of hydrogen-bond donors (Lipinski definition) is 1. The molecule has 2 heteroatoms. The lowest BCUT2D eigenvalue weighted by Gasteiger charge is -2.34. The molecule has 0 saturated heterocycles. The fraction of sp³-hybridized carbons (Fsp3) is 0.667. The molecule has 2 nitrogen and oxygen atoms in total. The van der Waals surface area contributed by atoms with Crippen LogP contribution in [0.2, 0.25) is 0 Å². The summed E-state index contributed by atoms with van der Waals surface area (Å²) in [4.78, 5) is 2.66. The van der Waals surface area contributed by atoms with E-state index in [0.717, 1.165) is 19.0 Å². The maximum Gasteiger partial charge on any atom is 0.0237 e. The first kappa shape index (κ1) is 14.1. The lowest BCUT2D eigenvalue weighted by atomic mass is 9.95. The van der Waals surface area contributed by atoms with E-state index in [0.29, 0.717) is 6.04 Å². The van der Waals surface area contributed by atoms with Gasteiger partial charge in [0, 0.05) is 25.7 Å². The van der Waals surface area contributed by atoms with Crippen LogP contribution in [0.5, 0.6) is 0 Å². The molecule has 110 valence electrons. The van der Waals surface area contributed by atoms with Crippen molar-refractivity contribution >= 4 is 0 Å². The van der Waals surface area contributed by atoms with Crippen molar-refractivity contribution in [1.82, 2.24) is 10.2 Å². The van der Waals surface area contributed by atoms with Crippen LogP contribution in [0.15, 0.2) is 24.3 Å². The quantitative estimate of drug-likeness (QED) is 0.885. The smallest absolute Gasteiger partial charge is 0.0237 e. The van der Waals surface area contributed by atoms with Crippen molar-refractivity contribution in [3.8, 4) is 0 Å². The highest BCUT2D eigenvalue weighted by Gasteiger charge is 2.27. The molecular formula is C18H28N2. The van der Waals surface area contributed by atoms with Gasteiger partial charge in [-0.15, -0.1) is 0 Å². The van der Waals surface area contributed by atoms with Gasteiger partial charge in [0.2, 0.25) is 0 Å². The van der Waals surface area contributed by atoms with Crippen LogP contribution in [-0.4, -0.2) is 30.6 Å². The highest BCUT2D eigenvalue weighted by Crippen LogP contribution is 2.29. The molecule has 0 spiro atoms. The summed E-state index contributed by atoms with van der Waals surface area (Å²) in [5, 5.41) is 3.75. The number of nitrogens with zero attached hydrogens (tertiary/aromatic N) is 1. The number of benzene rings is 1. The Kier molecular flexibility index (Phi) is 4.74. The van der Waals surface area contributed by atoms with Gasteiger partial charge in [0.15, 0.2) is 0 Å². The van der Waals surface area contributed by atoms with E-state index in [4.69, 9.17) is 0 Å². The Hall–Kier alpha value is -0.860. The minimum Gasteiger partial charge on any atom is -0.313 e. The Morgan fingerprint density at radius 2 is 1.95 bits per heavy atom. The molecule has 1 saturated carbocycles. The molecule has 0 bridgehead atoms. The standard InChI is InChI=1S/C18H28N2/c1-2-19-18(16-8-4-5-9-16)14-20-12-11-15-7-3-6-10-17(15)13-20/h3,6-7,10,16,18-19H,2,4-5,8-9,11-14H2,1H3. The lowest BCUT2D eigenvalue weighted by molar-refractivity contribution is 0.195. The third-order valence-corrected chi connectivity index (χ3v) is 5.10. The molecular weight excluding hydrogens is 244 g/mol. The number of likely N-dealkylation sites (N-methyl/N-ethyl adjacent to an activating group) is 1. The predicted molar refractivity (Wildman–Crippen MR) is 84.8 cm³/mol. The van der Waals surface area contributed by atoms with Crippen LogP contribution in [0.1, 0.15) is 43.7 Å². The minimum absolute atomic E-state index is 0.702. The van der Waals surface area contributed by atoms with Gasteiger partial charge in [0.1, 0.15) is 0 Å². The summed E-state index contributed by atoms with van der Waals surface area (Å²) >= 11 is 0. The summed E-state index contributed by atoms with van der Waals surface area (Å²) in [6.07, 6.45) is 6.97. The molecule has 1 heterocycles. The average molecular weight is 272 g/mol. The zero-order chi connectivity index (χ0) is 13.8. The summed E-state index contributed by atoms with van der Waals surface area (Å²) in [6, 6.07) is 9.66. The monoisotopic (exact) mass is 272 g/mol. The van der Waals surface area contributed by atoms with Crippen molar-refractivity contribution < 1.29 is 0 Å². The molecule has 0 radical (unpaired) electrons. The summed E-state index contributed by atoms with van der Waals surface area (Å²) in [7, 11) is 0. The molecule has 1 aliphatic heterocycles. The molecule has 1 unspecified atom stereocenters. The topological polar surface area (TPSA) is 15.3 Å². The van der Waals surface area contributed by atoms with E-state index in [-0.39, 0.29) is 0 Å². The Morgan fingerprint density at radius 3 is 2.70 bits per heavy atom. The zero-order valence-corrected chi connectivity index (χ0v) is 12.8. The maximum atomic E-state index is 3.75. The summed E-state index contributed by atoms with van der Waals surface area (Å²) < 4.78 is 0. The largest absolute Gasteiger partial charge is 0.313 e. The van der Waals surface area contributed by atoms with Gasteiger partial charge in [-0.05, 0) is 42.9 Å². The SMILES string of the molecule is CCNC(CN1CCc2ccccc2C1)C1CCCC1. The normalized spacial score (nSPS) is 21.9. The van der Waals surface area contributed by atoms with Gasteiger partial charge < -0.3 is 5.32 Å². The third-order valence-electron chi connectivity index (χ3n) is 5.10. The number of nitrogens with one attached hydrogen (secondary N) is 1. The van der Waals surface area contributed by atoms with Crippen LogP contribution >= 0.6 is 0 Å². The van der Waals surface area contributed by atoms with Crippen LogP contribution in [-0.2, 0) is 13.0 Å². The van der Waals surface area contributed by atoms with Crippen molar-refractivity contribution in [2.24, 2.45) is 5.92 Å². The zero-order valence-electron chi connectivity index (χ0n) is 12.8. The summed E-state index contributed by atoms with van der Waals surface area (Å²) in [6.45, 7) is 6.95. The maximum absolute atomic E-state index is 3.75. The highest BCUT2D eigenvalue weighted by atomic mass is 15.2. The Labute approximate surface area is 123 Å². The van der Waals surface area contributed by atoms with Crippen molar-refractivity contribution in [2.45, 2.75) is 51.6 Å². The number of rotatable bonds is 5. The van der Waals surface area contributed by atoms with Crippen molar-refractivity contribution in [2.75, 3.05) is 19.6 Å². The first-order chi connectivity index (χ1) is 9.86. The van der Waals surface area contributed by atoms with Gasteiger partial charge in [-0.3, -0.25) is 4.90 Å². The first-order valence-corrected chi connectivity index (χ1v) is 8.39. The van der Waals surface area contributed by atoms with Gasteiger partial charge in [-0.1, -0.05) is 44.0 Å². The molecule has 1 fully saturated rings. The predicted octanol–water partition coefficient (Wildman–Crippen LogP) is 3.21. The Balaban J connectivity index is 1.61.